The summed E-state index contributed by atoms with van der Waals surface area (Å²) in [4.78, 5) is 0. The Morgan fingerprint density at radius 1 is 1.46 bits per heavy atom. The van der Waals surface area contributed by atoms with E-state index in [0.29, 0.717) is 26.1 Å². The lowest BCUT2D eigenvalue weighted by atomic mass is 10.1. The van der Waals surface area contributed by atoms with Crippen molar-refractivity contribution < 1.29 is 14.6 Å². The number of aliphatic hydroxyl groups excluding tert-OH is 1. The van der Waals surface area contributed by atoms with E-state index in [2.05, 4.69) is 6.07 Å². The highest BCUT2D eigenvalue weighted by molar-refractivity contribution is 4.97. The Balaban J connectivity index is 3.76. The van der Waals surface area contributed by atoms with E-state index in [1.165, 1.54) is 0 Å². The molecule has 0 saturated heterocycles. The highest BCUT2D eigenvalue weighted by Crippen LogP contribution is 2.14. The molecule has 1 N–H and O–H groups in total. The normalized spacial score (nSPS) is 14.9. The first-order chi connectivity index (χ1) is 6.18. The van der Waals surface area contributed by atoms with Gasteiger partial charge in [-0.05, 0) is 13.3 Å². The zero-order valence-corrected chi connectivity index (χ0v) is 8.25. The number of ether oxygens (including phenoxy) is 2. The number of hydrogen-bond donors (Lipinski definition) is 1. The Labute approximate surface area is 79.1 Å². The fourth-order valence-corrected chi connectivity index (χ4v) is 0.819. The Bertz CT molecular complexity index is 167. The summed E-state index contributed by atoms with van der Waals surface area (Å²) >= 11 is 0. The summed E-state index contributed by atoms with van der Waals surface area (Å²) in [5, 5.41) is 17.3. The molecule has 0 rings (SSSR count). The van der Waals surface area contributed by atoms with Crippen molar-refractivity contribution in [3.63, 3.8) is 0 Å². The molecule has 0 aromatic heterocycles. The summed E-state index contributed by atoms with van der Waals surface area (Å²) < 4.78 is 10.2. The number of rotatable bonds is 7. The van der Waals surface area contributed by atoms with Gasteiger partial charge in [0.2, 0.25) is 0 Å². The second-order valence-corrected chi connectivity index (χ2v) is 3.01. The third kappa shape index (κ3) is 5.58. The van der Waals surface area contributed by atoms with Crippen LogP contribution in [0.1, 0.15) is 19.8 Å². The van der Waals surface area contributed by atoms with Gasteiger partial charge in [-0.1, -0.05) is 0 Å². The quantitative estimate of drug-likeness (QED) is 0.596. The van der Waals surface area contributed by atoms with Crippen molar-refractivity contribution in [2.75, 3.05) is 26.9 Å². The van der Waals surface area contributed by atoms with Gasteiger partial charge in [0.25, 0.3) is 0 Å². The minimum absolute atomic E-state index is 0.0891. The average Bonchev–Trinajstić information content (AvgIpc) is 2.15. The van der Waals surface area contributed by atoms with E-state index >= 15 is 0 Å². The van der Waals surface area contributed by atoms with E-state index in [-0.39, 0.29) is 6.61 Å². The van der Waals surface area contributed by atoms with Crippen LogP contribution in [-0.2, 0) is 9.47 Å². The predicted molar refractivity (Wildman–Crippen MR) is 48.2 cm³/mol. The van der Waals surface area contributed by atoms with E-state index in [1.807, 2.05) is 0 Å². The van der Waals surface area contributed by atoms with Crippen LogP contribution in [0.4, 0.5) is 0 Å². The van der Waals surface area contributed by atoms with Gasteiger partial charge in [-0.15, -0.1) is 0 Å². The molecule has 13 heavy (non-hydrogen) atoms. The maximum absolute atomic E-state index is 8.82. The highest BCUT2D eigenvalue weighted by atomic mass is 16.5. The Kier molecular flexibility index (Phi) is 6.51. The molecule has 1 unspecified atom stereocenters. The standard InChI is InChI=1S/C9H17NO3/c1-9(8-10,4-7-12-2)13-6-3-5-11/h11H,3-7H2,1-2H3. The van der Waals surface area contributed by atoms with Crippen molar-refractivity contribution >= 4 is 0 Å². The summed E-state index contributed by atoms with van der Waals surface area (Å²) in [6.45, 7) is 2.72. The van der Waals surface area contributed by atoms with Gasteiger partial charge in [0.15, 0.2) is 5.60 Å². The molecule has 0 radical (unpaired) electrons. The topological polar surface area (TPSA) is 62.5 Å². The molecule has 0 aliphatic heterocycles. The summed E-state index contributed by atoms with van der Waals surface area (Å²) in [6.07, 6.45) is 1.11. The van der Waals surface area contributed by atoms with Crippen LogP contribution in [0, 0.1) is 11.3 Å². The zero-order chi connectivity index (χ0) is 10.2. The fourth-order valence-electron chi connectivity index (χ4n) is 0.819. The molecule has 0 aromatic carbocycles. The van der Waals surface area contributed by atoms with Crippen LogP contribution in [0.3, 0.4) is 0 Å². The maximum Gasteiger partial charge on any atom is 0.153 e. The van der Waals surface area contributed by atoms with E-state index in [1.54, 1.807) is 14.0 Å². The lowest BCUT2D eigenvalue weighted by Crippen LogP contribution is -2.29. The van der Waals surface area contributed by atoms with Gasteiger partial charge in [-0.2, -0.15) is 5.26 Å². The monoisotopic (exact) mass is 187 g/mol. The van der Waals surface area contributed by atoms with E-state index in [9.17, 15) is 0 Å². The van der Waals surface area contributed by atoms with Crippen LogP contribution in [0.25, 0.3) is 0 Å². The van der Waals surface area contributed by atoms with E-state index < -0.39 is 5.60 Å². The molecule has 0 spiro atoms. The SMILES string of the molecule is COCCC(C)(C#N)OCCCO. The van der Waals surface area contributed by atoms with Gasteiger partial charge >= 0.3 is 0 Å². The summed E-state index contributed by atoms with van der Waals surface area (Å²) in [6, 6.07) is 2.09. The molecule has 0 aromatic rings. The molecule has 4 heteroatoms. The van der Waals surface area contributed by atoms with Crippen LogP contribution in [0.5, 0.6) is 0 Å². The lowest BCUT2D eigenvalue weighted by molar-refractivity contribution is -0.0146. The lowest BCUT2D eigenvalue weighted by Gasteiger charge is -2.21. The van der Waals surface area contributed by atoms with Crippen molar-refractivity contribution in [2.45, 2.75) is 25.4 Å². The molecule has 0 fully saturated rings. The molecule has 76 valence electrons. The third-order valence-corrected chi connectivity index (χ3v) is 1.74. The fraction of sp³-hybridized carbons (Fsp3) is 0.889. The smallest absolute Gasteiger partial charge is 0.153 e. The maximum atomic E-state index is 8.82. The predicted octanol–water partition coefficient (Wildman–Crippen LogP) is 0.704. The second-order valence-electron chi connectivity index (χ2n) is 3.01. The van der Waals surface area contributed by atoms with Gasteiger partial charge in [0.1, 0.15) is 0 Å². The second kappa shape index (κ2) is 6.84. The number of nitrogens with zero attached hydrogens (tertiary/aromatic N) is 1. The first-order valence-corrected chi connectivity index (χ1v) is 4.33. The number of nitriles is 1. The number of methoxy groups -OCH3 is 1. The number of aliphatic hydroxyl groups is 1. The van der Waals surface area contributed by atoms with Gasteiger partial charge in [0, 0.05) is 26.7 Å². The van der Waals surface area contributed by atoms with E-state index in [0.717, 1.165) is 0 Å². The van der Waals surface area contributed by atoms with Crippen LogP contribution in [0.2, 0.25) is 0 Å². The molecular formula is C9H17NO3. The number of hydrogen-bond acceptors (Lipinski definition) is 4. The Hall–Kier alpha value is -0.630. The third-order valence-electron chi connectivity index (χ3n) is 1.74. The van der Waals surface area contributed by atoms with Gasteiger partial charge in [0.05, 0.1) is 12.7 Å². The van der Waals surface area contributed by atoms with Gasteiger partial charge < -0.3 is 14.6 Å². The van der Waals surface area contributed by atoms with Crippen molar-refractivity contribution in [1.82, 2.24) is 0 Å². The summed E-state index contributed by atoms with van der Waals surface area (Å²) in [5.74, 6) is 0. The molecule has 0 saturated carbocycles. The first kappa shape index (κ1) is 12.4. The first-order valence-electron chi connectivity index (χ1n) is 4.33. The van der Waals surface area contributed by atoms with Crippen molar-refractivity contribution in [2.24, 2.45) is 0 Å². The summed E-state index contributed by atoms with van der Waals surface area (Å²) in [5.41, 5.74) is -0.787. The van der Waals surface area contributed by atoms with Crippen LogP contribution in [-0.4, -0.2) is 37.6 Å². The van der Waals surface area contributed by atoms with Crippen molar-refractivity contribution in [3.05, 3.63) is 0 Å². The minimum Gasteiger partial charge on any atom is -0.396 e. The van der Waals surface area contributed by atoms with E-state index in [4.69, 9.17) is 19.8 Å². The molecule has 0 aliphatic rings. The highest BCUT2D eigenvalue weighted by Gasteiger charge is 2.23. The van der Waals surface area contributed by atoms with Crippen molar-refractivity contribution in [3.8, 4) is 6.07 Å². The van der Waals surface area contributed by atoms with Crippen LogP contribution in [0.15, 0.2) is 0 Å². The molecule has 1 atom stereocenters. The Morgan fingerprint density at radius 3 is 2.62 bits per heavy atom. The molecule has 4 nitrogen and oxygen atoms in total. The van der Waals surface area contributed by atoms with Crippen LogP contribution >= 0.6 is 0 Å². The van der Waals surface area contributed by atoms with Crippen molar-refractivity contribution in [1.29, 1.82) is 5.26 Å². The molecular weight excluding hydrogens is 170 g/mol. The van der Waals surface area contributed by atoms with Gasteiger partial charge in [-0.25, -0.2) is 0 Å². The molecule has 0 aliphatic carbocycles. The van der Waals surface area contributed by atoms with Crippen LogP contribution < -0.4 is 0 Å². The largest absolute Gasteiger partial charge is 0.396 e. The molecule has 0 bridgehead atoms. The minimum atomic E-state index is -0.787. The average molecular weight is 187 g/mol. The van der Waals surface area contributed by atoms with Gasteiger partial charge in [-0.3, -0.25) is 0 Å². The molecule has 0 amide bonds. The Morgan fingerprint density at radius 2 is 2.15 bits per heavy atom. The zero-order valence-electron chi connectivity index (χ0n) is 8.25. The molecule has 0 heterocycles. The summed E-state index contributed by atoms with van der Waals surface area (Å²) in [7, 11) is 1.59.